The van der Waals surface area contributed by atoms with E-state index < -0.39 is 0 Å². The average Bonchev–Trinajstić information content (AvgIpc) is 2.81. The van der Waals surface area contributed by atoms with E-state index in [-0.39, 0.29) is 12.5 Å². The van der Waals surface area contributed by atoms with Crippen LogP contribution in [0.25, 0.3) is 11.1 Å². The Bertz CT molecular complexity index is 568. The molecule has 1 N–H and O–H groups in total. The van der Waals surface area contributed by atoms with Crippen molar-refractivity contribution in [3.05, 3.63) is 60.2 Å². The predicted molar refractivity (Wildman–Crippen MR) is 88.5 cm³/mol. The van der Waals surface area contributed by atoms with Gasteiger partial charge in [-0.3, -0.25) is 4.90 Å². The van der Waals surface area contributed by atoms with Gasteiger partial charge in [-0.2, -0.15) is 0 Å². The molecule has 0 aromatic heterocycles. The maximum atomic E-state index is 9.36. The largest absolute Gasteiger partial charge is 0.396 e. The highest BCUT2D eigenvalue weighted by molar-refractivity contribution is 5.63. The topological polar surface area (TPSA) is 32.7 Å². The molecule has 3 heteroatoms. The third-order valence-corrected chi connectivity index (χ3v) is 4.15. The lowest BCUT2D eigenvalue weighted by Gasteiger charge is -2.22. The zero-order valence-electron chi connectivity index (χ0n) is 12.8. The van der Waals surface area contributed by atoms with Crippen LogP contribution in [0.5, 0.6) is 0 Å². The average molecular weight is 297 g/mol. The molecule has 0 bridgehead atoms. The summed E-state index contributed by atoms with van der Waals surface area (Å²) < 4.78 is 5.54. The number of aliphatic hydroxyl groups excluding tert-OH is 1. The fourth-order valence-corrected chi connectivity index (χ4v) is 2.90. The molecule has 0 spiro atoms. The highest BCUT2D eigenvalue weighted by atomic mass is 16.5. The molecule has 1 saturated heterocycles. The van der Waals surface area contributed by atoms with Crippen LogP contribution >= 0.6 is 0 Å². The molecule has 0 radical (unpaired) electrons. The zero-order chi connectivity index (χ0) is 15.2. The summed E-state index contributed by atoms with van der Waals surface area (Å²) in [4.78, 5) is 2.37. The third kappa shape index (κ3) is 3.95. The molecule has 0 saturated carbocycles. The van der Waals surface area contributed by atoms with Gasteiger partial charge in [0.2, 0.25) is 0 Å². The minimum absolute atomic E-state index is 0.198. The van der Waals surface area contributed by atoms with Gasteiger partial charge in [0, 0.05) is 32.2 Å². The number of benzene rings is 2. The van der Waals surface area contributed by atoms with Crippen molar-refractivity contribution in [2.45, 2.75) is 6.54 Å². The van der Waals surface area contributed by atoms with Gasteiger partial charge in [0.05, 0.1) is 13.2 Å². The Balaban J connectivity index is 1.65. The van der Waals surface area contributed by atoms with Crippen LogP contribution in [0, 0.1) is 5.92 Å². The Hall–Kier alpha value is -1.68. The van der Waals surface area contributed by atoms with Crippen molar-refractivity contribution in [2.75, 3.05) is 32.9 Å². The Morgan fingerprint density at radius 3 is 2.45 bits per heavy atom. The summed E-state index contributed by atoms with van der Waals surface area (Å²) in [6, 6.07) is 19.2. The molecule has 22 heavy (non-hydrogen) atoms. The smallest absolute Gasteiger partial charge is 0.0593 e. The van der Waals surface area contributed by atoms with Crippen molar-refractivity contribution in [2.24, 2.45) is 5.92 Å². The molecule has 116 valence electrons. The van der Waals surface area contributed by atoms with Gasteiger partial charge in [0.15, 0.2) is 0 Å². The third-order valence-electron chi connectivity index (χ3n) is 4.15. The first-order valence-electron chi connectivity index (χ1n) is 7.90. The summed E-state index contributed by atoms with van der Waals surface area (Å²) in [6.45, 7) is 4.35. The molecule has 2 aromatic carbocycles. The van der Waals surface area contributed by atoms with Crippen LogP contribution in [-0.2, 0) is 11.3 Å². The van der Waals surface area contributed by atoms with Crippen molar-refractivity contribution in [1.29, 1.82) is 0 Å². The second kappa shape index (κ2) is 7.54. The van der Waals surface area contributed by atoms with E-state index in [0.717, 1.165) is 26.2 Å². The van der Waals surface area contributed by atoms with E-state index >= 15 is 0 Å². The second-order valence-corrected chi connectivity index (χ2v) is 5.92. The highest BCUT2D eigenvalue weighted by Gasteiger charge is 2.17. The normalized spacial score (nSPS) is 19.8. The maximum Gasteiger partial charge on any atom is 0.0593 e. The number of nitrogens with zero attached hydrogens (tertiary/aromatic N) is 1. The van der Waals surface area contributed by atoms with Crippen LogP contribution in [0.15, 0.2) is 54.6 Å². The molecule has 3 rings (SSSR count). The number of hydrogen-bond acceptors (Lipinski definition) is 3. The lowest BCUT2D eigenvalue weighted by atomic mass is 10.0. The van der Waals surface area contributed by atoms with E-state index in [9.17, 15) is 5.11 Å². The van der Waals surface area contributed by atoms with E-state index in [1.807, 2.05) is 6.07 Å². The Morgan fingerprint density at radius 2 is 1.73 bits per heavy atom. The Morgan fingerprint density at radius 1 is 1.00 bits per heavy atom. The molecule has 2 aromatic rings. The fraction of sp³-hybridized carbons (Fsp3) is 0.368. The first-order chi connectivity index (χ1) is 10.8. The van der Waals surface area contributed by atoms with Gasteiger partial charge in [0.1, 0.15) is 0 Å². The molecule has 0 amide bonds. The van der Waals surface area contributed by atoms with Gasteiger partial charge in [-0.05, 0) is 16.7 Å². The van der Waals surface area contributed by atoms with Gasteiger partial charge in [0.25, 0.3) is 0 Å². The second-order valence-electron chi connectivity index (χ2n) is 5.92. The Labute approximate surface area is 132 Å². The van der Waals surface area contributed by atoms with E-state index in [1.54, 1.807) is 0 Å². The molecule has 1 heterocycles. The zero-order valence-corrected chi connectivity index (χ0v) is 12.8. The van der Waals surface area contributed by atoms with Crippen LogP contribution in [0.3, 0.4) is 0 Å². The monoisotopic (exact) mass is 297 g/mol. The molecule has 1 atom stereocenters. The predicted octanol–water partition coefficient (Wildman–Crippen LogP) is 2.79. The SMILES string of the molecule is OC[C@@H]1COCCN(Cc2ccc(-c3ccccc3)cc2)C1. The van der Waals surface area contributed by atoms with Crippen molar-refractivity contribution in [3.8, 4) is 11.1 Å². The Kier molecular flexibility index (Phi) is 5.22. The van der Waals surface area contributed by atoms with Crippen molar-refractivity contribution in [1.82, 2.24) is 4.90 Å². The van der Waals surface area contributed by atoms with Crippen LogP contribution in [0.4, 0.5) is 0 Å². The van der Waals surface area contributed by atoms with Gasteiger partial charge < -0.3 is 9.84 Å². The first-order valence-corrected chi connectivity index (χ1v) is 7.90. The van der Waals surface area contributed by atoms with Gasteiger partial charge in [-0.15, -0.1) is 0 Å². The summed E-state index contributed by atoms with van der Waals surface area (Å²) in [5, 5.41) is 9.36. The molecule has 1 fully saturated rings. The molecule has 3 nitrogen and oxygen atoms in total. The minimum Gasteiger partial charge on any atom is -0.396 e. The number of ether oxygens (including phenoxy) is 1. The highest BCUT2D eigenvalue weighted by Crippen LogP contribution is 2.20. The van der Waals surface area contributed by atoms with E-state index in [0.29, 0.717) is 6.61 Å². The van der Waals surface area contributed by atoms with Crippen molar-refractivity contribution < 1.29 is 9.84 Å². The molecule has 1 aliphatic heterocycles. The van der Waals surface area contributed by atoms with Crippen molar-refractivity contribution >= 4 is 0 Å². The lowest BCUT2D eigenvalue weighted by Crippen LogP contribution is -2.30. The fourth-order valence-electron chi connectivity index (χ4n) is 2.90. The quantitative estimate of drug-likeness (QED) is 0.942. The van der Waals surface area contributed by atoms with E-state index in [4.69, 9.17) is 4.74 Å². The van der Waals surface area contributed by atoms with Gasteiger partial charge >= 0.3 is 0 Å². The van der Waals surface area contributed by atoms with Crippen LogP contribution in [0.1, 0.15) is 5.56 Å². The molecule has 0 aliphatic carbocycles. The maximum absolute atomic E-state index is 9.36. The standard InChI is InChI=1S/C19H23NO2/c21-14-17-13-20(10-11-22-15-17)12-16-6-8-19(9-7-16)18-4-2-1-3-5-18/h1-9,17,21H,10-15H2/t17-/m1/s1. The van der Waals surface area contributed by atoms with Crippen LogP contribution in [0.2, 0.25) is 0 Å². The molecule has 1 aliphatic rings. The molecular formula is C19H23NO2. The first kappa shape index (κ1) is 15.2. The number of aliphatic hydroxyl groups is 1. The van der Waals surface area contributed by atoms with Crippen LogP contribution < -0.4 is 0 Å². The summed E-state index contributed by atoms with van der Waals surface area (Å²) >= 11 is 0. The van der Waals surface area contributed by atoms with E-state index in [1.165, 1.54) is 16.7 Å². The summed E-state index contributed by atoms with van der Waals surface area (Å²) in [7, 11) is 0. The van der Waals surface area contributed by atoms with Gasteiger partial charge in [-0.1, -0.05) is 54.6 Å². The number of hydrogen-bond donors (Lipinski definition) is 1. The van der Waals surface area contributed by atoms with Crippen molar-refractivity contribution in [3.63, 3.8) is 0 Å². The molecular weight excluding hydrogens is 274 g/mol. The van der Waals surface area contributed by atoms with E-state index in [2.05, 4.69) is 53.4 Å². The lowest BCUT2D eigenvalue weighted by molar-refractivity contribution is 0.0958. The summed E-state index contributed by atoms with van der Waals surface area (Å²) in [5.41, 5.74) is 3.80. The molecule has 0 unspecified atom stereocenters. The summed E-state index contributed by atoms with van der Waals surface area (Å²) in [5.74, 6) is 0.228. The summed E-state index contributed by atoms with van der Waals surface area (Å²) in [6.07, 6.45) is 0. The van der Waals surface area contributed by atoms with Gasteiger partial charge in [-0.25, -0.2) is 0 Å². The number of rotatable bonds is 4. The minimum atomic E-state index is 0.198. The van der Waals surface area contributed by atoms with Crippen LogP contribution in [-0.4, -0.2) is 42.9 Å².